The summed E-state index contributed by atoms with van der Waals surface area (Å²) in [5, 5.41) is 0. The molecule has 1 rings (SSSR count). The van der Waals surface area contributed by atoms with Crippen molar-refractivity contribution in [1.29, 1.82) is 0 Å². The van der Waals surface area contributed by atoms with E-state index < -0.39 is 8.07 Å². The molecule has 0 N–H and O–H groups in total. The van der Waals surface area contributed by atoms with Crippen LogP contribution in [-0.4, -0.2) is 36.9 Å². The molecule has 1 atom stereocenters. The fraction of sp³-hybridized carbons (Fsp3) is 0.812. The molecule has 3 nitrogen and oxygen atoms in total. The lowest BCUT2D eigenvalue weighted by atomic mass is 10.2. The third-order valence-electron chi connectivity index (χ3n) is 3.74. The molecule has 0 unspecified atom stereocenters. The second-order valence-corrected chi connectivity index (χ2v) is 12.7. The zero-order valence-electron chi connectivity index (χ0n) is 14.2. The highest BCUT2D eigenvalue weighted by molar-refractivity contribution is 6.78. The summed E-state index contributed by atoms with van der Waals surface area (Å²) in [5.41, 5.74) is 1.38. The van der Waals surface area contributed by atoms with Gasteiger partial charge in [0, 0.05) is 12.1 Å². The smallest absolute Gasteiger partial charge is 0.410 e. The van der Waals surface area contributed by atoms with Crippen molar-refractivity contribution in [2.24, 2.45) is 0 Å². The molecule has 0 bridgehead atoms. The molecule has 4 heteroatoms. The largest absolute Gasteiger partial charge is 0.446 e. The van der Waals surface area contributed by atoms with Crippen LogP contribution in [0, 0.1) is 0 Å². The molecule has 0 heterocycles. The Kier molecular flexibility index (Phi) is 5.87. The van der Waals surface area contributed by atoms with Crippen molar-refractivity contribution in [1.82, 2.24) is 4.90 Å². The minimum absolute atomic E-state index is 0.0255. The molecular weight excluding hydrogens is 266 g/mol. The van der Waals surface area contributed by atoms with Crippen LogP contribution < -0.4 is 0 Å². The van der Waals surface area contributed by atoms with Crippen LogP contribution in [0.4, 0.5) is 4.79 Å². The van der Waals surface area contributed by atoms with Crippen molar-refractivity contribution in [3.63, 3.8) is 0 Å². The molecular formula is C16H31NO2Si. The minimum atomic E-state index is -1.57. The summed E-state index contributed by atoms with van der Waals surface area (Å²) in [6.45, 7) is 15.0. The maximum atomic E-state index is 12.5. The van der Waals surface area contributed by atoms with E-state index in [2.05, 4.69) is 25.7 Å². The van der Waals surface area contributed by atoms with E-state index in [1.807, 2.05) is 32.6 Å². The average molecular weight is 298 g/mol. The maximum absolute atomic E-state index is 12.5. The Bertz CT molecular complexity index is 361. The van der Waals surface area contributed by atoms with Gasteiger partial charge in [-0.25, -0.2) is 4.79 Å². The van der Waals surface area contributed by atoms with Gasteiger partial charge in [0.25, 0.3) is 0 Å². The van der Waals surface area contributed by atoms with E-state index >= 15 is 0 Å². The Morgan fingerprint density at radius 3 is 2.10 bits per heavy atom. The van der Waals surface area contributed by atoms with Gasteiger partial charge in [0.2, 0.25) is 0 Å². The summed E-state index contributed by atoms with van der Waals surface area (Å²) in [6, 6.07) is 0.338. The Labute approximate surface area is 125 Å². The highest BCUT2D eigenvalue weighted by atomic mass is 28.3. The van der Waals surface area contributed by atoms with Gasteiger partial charge in [-0.1, -0.05) is 25.7 Å². The Morgan fingerprint density at radius 1 is 1.20 bits per heavy atom. The van der Waals surface area contributed by atoms with Gasteiger partial charge in [0.05, 0.1) is 8.07 Å². The van der Waals surface area contributed by atoms with E-state index in [1.165, 1.54) is 12.0 Å². The molecule has 1 amide bonds. The van der Waals surface area contributed by atoms with Gasteiger partial charge in [0.15, 0.2) is 0 Å². The third-order valence-corrected chi connectivity index (χ3v) is 5.80. The maximum Gasteiger partial charge on any atom is 0.410 e. The quantitative estimate of drug-likeness (QED) is 0.548. The predicted octanol–water partition coefficient (Wildman–Crippen LogP) is 4.60. The highest BCUT2D eigenvalue weighted by Crippen LogP contribution is 2.29. The second-order valence-electron chi connectivity index (χ2n) is 7.40. The Morgan fingerprint density at radius 2 is 1.75 bits per heavy atom. The topological polar surface area (TPSA) is 29.5 Å². The molecule has 1 aliphatic carbocycles. The third kappa shape index (κ3) is 4.37. The first-order valence-corrected chi connectivity index (χ1v) is 11.4. The lowest BCUT2D eigenvalue weighted by Crippen LogP contribution is -2.49. The molecule has 0 aliphatic heterocycles. The first-order valence-electron chi connectivity index (χ1n) is 7.82. The molecule has 0 aromatic rings. The van der Waals surface area contributed by atoms with E-state index in [1.54, 1.807) is 0 Å². The Balaban J connectivity index is 2.87. The van der Waals surface area contributed by atoms with E-state index in [9.17, 15) is 4.79 Å². The molecule has 0 radical (unpaired) electrons. The van der Waals surface area contributed by atoms with Gasteiger partial charge in [-0.05, 0) is 52.5 Å². The zero-order chi connectivity index (χ0) is 15.5. The van der Waals surface area contributed by atoms with Crippen molar-refractivity contribution in [2.75, 3.05) is 0 Å². The van der Waals surface area contributed by atoms with Crippen LogP contribution in [-0.2, 0) is 4.74 Å². The second kappa shape index (κ2) is 6.79. The molecule has 0 saturated heterocycles. The summed E-state index contributed by atoms with van der Waals surface area (Å²) in [4.78, 5) is 14.4. The summed E-state index contributed by atoms with van der Waals surface area (Å²) < 4.78 is 5.96. The zero-order valence-corrected chi connectivity index (χ0v) is 15.2. The van der Waals surface area contributed by atoms with Crippen LogP contribution in [0.1, 0.15) is 47.0 Å². The number of hydrogen-bond acceptors (Lipinski definition) is 2. The van der Waals surface area contributed by atoms with Crippen molar-refractivity contribution in [3.05, 3.63) is 11.6 Å². The summed E-state index contributed by atoms with van der Waals surface area (Å²) in [6.07, 6.45) is 5.55. The van der Waals surface area contributed by atoms with Crippen LogP contribution in [0.5, 0.6) is 0 Å². The number of hydrogen-bond donors (Lipinski definition) is 0. The van der Waals surface area contributed by atoms with Crippen LogP contribution in [0.15, 0.2) is 11.6 Å². The molecule has 0 spiro atoms. The molecule has 0 aromatic heterocycles. The molecule has 0 fully saturated rings. The first kappa shape index (κ1) is 17.3. The van der Waals surface area contributed by atoms with Gasteiger partial charge in [-0.3, -0.25) is 0 Å². The fourth-order valence-electron chi connectivity index (χ4n) is 2.92. The molecule has 20 heavy (non-hydrogen) atoms. The predicted molar refractivity (Wildman–Crippen MR) is 87.7 cm³/mol. The number of rotatable bonds is 5. The van der Waals surface area contributed by atoms with Gasteiger partial charge in [-0.15, -0.1) is 0 Å². The number of carbonyl (C=O) groups is 1. The molecule has 0 aromatic carbocycles. The summed E-state index contributed by atoms with van der Waals surface area (Å²) in [7, 11) is -1.57. The standard InChI is InChI=1S/C16H31NO2Si/c1-12(2)17(13(3)4)16(18)19-15(20(5,6)7)14-10-8-9-11-14/h10,12-13,15H,8-9,11H2,1-7H3/t15-/m1/s1. The summed E-state index contributed by atoms with van der Waals surface area (Å²) >= 11 is 0. The van der Waals surface area contributed by atoms with Crippen molar-refractivity contribution < 1.29 is 9.53 Å². The van der Waals surface area contributed by atoms with Crippen molar-refractivity contribution >= 4 is 14.2 Å². The van der Waals surface area contributed by atoms with Crippen LogP contribution in [0.25, 0.3) is 0 Å². The highest BCUT2D eigenvalue weighted by Gasteiger charge is 2.36. The van der Waals surface area contributed by atoms with Gasteiger partial charge in [0.1, 0.15) is 5.73 Å². The number of ether oxygens (including phenoxy) is 1. The lowest BCUT2D eigenvalue weighted by molar-refractivity contribution is 0.0738. The van der Waals surface area contributed by atoms with E-state index in [0.29, 0.717) is 0 Å². The summed E-state index contributed by atoms with van der Waals surface area (Å²) in [5.74, 6) is 0. The van der Waals surface area contributed by atoms with E-state index in [-0.39, 0.29) is 23.9 Å². The van der Waals surface area contributed by atoms with Gasteiger partial charge >= 0.3 is 6.09 Å². The first-order chi connectivity index (χ1) is 9.14. The molecule has 116 valence electrons. The van der Waals surface area contributed by atoms with Crippen molar-refractivity contribution in [3.8, 4) is 0 Å². The number of nitrogens with zero attached hydrogens (tertiary/aromatic N) is 1. The monoisotopic (exact) mass is 297 g/mol. The number of amides is 1. The number of carbonyl (C=O) groups excluding carboxylic acids is 1. The minimum Gasteiger partial charge on any atom is -0.446 e. The SMILES string of the molecule is CC(C)N(C(=O)O[C@@H](C1=CCCC1)[Si](C)(C)C)C(C)C. The van der Waals surface area contributed by atoms with Crippen LogP contribution >= 0.6 is 0 Å². The van der Waals surface area contributed by atoms with Gasteiger partial charge in [-0.2, -0.15) is 0 Å². The lowest BCUT2D eigenvalue weighted by Gasteiger charge is -2.35. The Hall–Kier alpha value is -0.773. The normalized spacial score (nSPS) is 17.4. The van der Waals surface area contributed by atoms with E-state index in [0.717, 1.165) is 12.8 Å². The van der Waals surface area contributed by atoms with Gasteiger partial charge < -0.3 is 9.64 Å². The van der Waals surface area contributed by atoms with Crippen LogP contribution in [0.3, 0.4) is 0 Å². The fourth-order valence-corrected chi connectivity index (χ4v) is 4.75. The number of allylic oxidation sites excluding steroid dienone is 1. The van der Waals surface area contributed by atoms with Crippen LogP contribution in [0.2, 0.25) is 19.6 Å². The average Bonchev–Trinajstić information content (AvgIpc) is 2.75. The molecule has 0 saturated carbocycles. The van der Waals surface area contributed by atoms with Crippen molar-refractivity contribution in [2.45, 2.75) is 84.4 Å². The molecule has 1 aliphatic rings. The van der Waals surface area contributed by atoms with E-state index in [4.69, 9.17) is 4.74 Å².